The summed E-state index contributed by atoms with van der Waals surface area (Å²) in [6, 6.07) is 9.52. The fourth-order valence-electron chi connectivity index (χ4n) is 3.98. The number of thioether (sulfide) groups is 2. The van der Waals surface area contributed by atoms with Crippen molar-refractivity contribution in [2.24, 2.45) is 0 Å². The minimum atomic E-state index is -0.627. The molecule has 4 N–H and O–H groups in total. The van der Waals surface area contributed by atoms with E-state index in [1.165, 1.54) is 34.1 Å². The summed E-state index contributed by atoms with van der Waals surface area (Å²) in [5.41, 5.74) is 9.26. The molecule has 0 saturated carbocycles. The van der Waals surface area contributed by atoms with Gasteiger partial charge in [-0.1, -0.05) is 48.0 Å². The highest BCUT2D eigenvalue weighted by atomic mass is 32.2. The molecule has 18 heteroatoms. The first kappa shape index (κ1) is 34.6. The number of halogens is 2. The molecule has 2 fully saturated rings. The zero-order valence-electron chi connectivity index (χ0n) is 23.6. The summed E-state index contributed by atoms with van der Waals surface area (Å²) in [5.74, 6) is -4.31. The van der Waals surface area contributed by atoms with Crippen LogP contribution in [0.1, 0.15) is 46.4 Å². The van der Waals surface area contributed by atoms with Gasteiger partial charge in [0.1, 0.15) is 20.3 Å². The van der Waals surface area contributed by atoms with E-state index in [4.69, 9.17) is 24.4 Å². The number of hydrogen-bond acceptors (Lipinski definition) is 10. The highest BCUT2D eigenvalue weighted by Gasteiger charge is 2.41. The molecule has 0 radical (unpaired) electrons. The van der Waals surface area contributed by atoms with Crippen molar-refractivity contribution in [3.8, 4) is 0 Å². The second kappa shape index (κ2) is 15.8. The van der Waals surface area contributed by atoms with Crippen LogP contribution in [-0.2, 0) is 19.2 Å². The van der Waals surface area contributed by atoms with Crippen molar-refractivity contribution in [2.75, 3.05) is 13.1 Å². The summed E-state index contributed by atoms with van der Waals surface area (Å²) >= 11 is 12.5. The van der Waals surface area contributed by atoms with Gasteiger partial charge in [-0.05, 0) is 61.4 Å². The van der Waals surface area contributed by atoms with Crippen LogP contribution >= 0.6 is 48.0 Å². The number of amides is 6. The molecule has 0 spiro atoms. The lowest BCUT2D eigenvalue weighted by Gasteiger charge is -2.15. The van der Waals surface area contributed by atoms with E-state index < -0.39 is 47.1 Å². The Balaban J connectivity index is 1.20. The van der Waals surface area contributed by atoms with Gasteiger partial charge in [-0.3, -0.25) is 60.3 Å². The maximum Gasteiger partial charge on any atom is 0.269 e. The Morgan fingerprint density at radius 1 is 0.609 bits per heavy atom. The molecule has 2 heterocycles. The first-order valence-electron chi connectivity index (χ1n) is 13.5. The second-order valence-corrected chi connectivity index (χ2v) is 12.8. The predicted molar refractivity (Wildman–Crippen MR) is 173 cm³/mol. The van der Waals surface area contributed by atoms with Crippen molar-refractivity contribution in [1.29, 1.82) is 0 Å². The van der Waals surface area contributed by atoms with Crippen molar-refractivity contribution in [3.05, 3.63) is 81.1 Å². The Morgan fingerprint density at radius 3 is 1.30 bits per heavy atom. The number of hydrazine groups is 2. The van der Waals surface area contributed by atoms with Crippen molar-refractivity contribution < 1.29 is 37.5 Å². The van der Waals surface area contributed by atoms with Gasteiger partial charge < -0.3 is 0 Å². The Kier molecular flexibility index (Phi) is 11.9. The summed E-state index contributed by atoms with van der Waals surface area (Å²) in [7, 11) is 0. The van der Waals surface area contributed by atoms with Gasteiger partial charge in [-0.15, -0.1) is 0 Å². The van der Waals surface area contributed by atoms with Gasteiger partial charge in [0.15, 0.2) is 0 Å². The van der Waals surface area contributed by atoms with Crippen molar-refractivity contribution in [3.63, 3.8) is 0 Å². The summed E-state index contributed by atoms with van der Waals surface area (Å²) < 4.78 is 26.4. The van der Waals surface area contributed by atoms with Crippen molar-refractivity contribution in [1.82, 2.24) is 31.5 Å². The molecule has 4 rings (SSSR count). The molecule has 2 aromatic rings. The largest absolute Gasteiger partial charge is 0.293 e. The molecule has 6 amide bonds. The first-order chi connectivity index (χ1) is 21.9. The Morgan fingerprint density at radius 2 is 0.957 bits per heavy atom. The molecule has 0 bridgehead atoms. The van der Waals surface area contributed by atoms with Gasteiger partial charge in [0.25, 0.3) is 23.6 Å². The fraction of sp³-hybridized carbons (Fsp3) is 0.214. The summed E-state index contributed by atoms with van der Waals surface area (Å²) in [5, 5.41) is 0. The van der Waals surface area contributed by atoms with E-state index >= 15 is 0 Å². The highest BCUT2D eigenvalue weighted by molar-refractivity contribution is 8.29. The topological polar surface area (TPSA) is 157 Å². The molecule has 240 valence electrons. The lowest BCUT2D eigenvalue weighted by molar-refractivity contribution is -0.125. The Labute approximate surface area is 280 Å². The number of carbonyl (C=O) groups is 6. The van der Waals surface area contributed by atoms with Crippen LogP contribution < -0.4 is 21.7 Å². The van der Waals surface area contributed by atoms with Gasteiger partial charge in [0.2, 0.25) is 11.8 Å². The number of thiocarbonyl (C=S) groups is 2. The maximum atomic E-state index is 13.1. The summed E-state index contributed by atoms with van der Waals surface area (Å²) in [6.45, 7) is 0.168. The normalized spacial score (nSPS) is 16.1. The number of nitrogens with one attached hydrogen (secondary N) is 4. The van der Waals surface area contributed by atoms with Gasteiger partial charge >= 0.3 is 0 Å². The van der Waals surface area contributed by atoms with Crippen LogP contribution in [0.2, 0.25) is 0 Å². The average molecular weight is 707 g/mol. The Bertz CT molecular complexity index is 1520. The number of carbonyl (C=O) groups excluding carboxylic acids is 6. The minimum Gasteiger partial charge on any atom is -0.293 e. The van der Waals surface area contributed by atoms with Crippen LogP contribution in [-0.4, -0.2) is 67.0 Å². The van der Waals surface area contributed by atoms with Crippen LogP contribution in [0.25, 0.3) is 0 Å². The third-order valence-electron chi connectivity index (χ3n) is 6.32. The Hall–Kier alpha value is -4.26. The van der Waals surface area contributed by atoms with Gasteiger partial charge in [0, 0.05) is 37.1 Å². The van der Waals surface area contributed by atoms with Crippen molar-refractivity contribution in [2.45, 2.75) is 25.7 Å². The van der Waals surface area contributed by atoms with Crippen LogP contribution in [0.5, 0.6) is 0 Å². The maximum absolute atomic E-state index is 13.1. The standard InChI is InChI=1S/C28H24F2N6O6S4/c29-17-9-5-15(6-10-17)23(39)33-31-19(37)3-1-13-35-25(41)21(45-27(35)43)22-26(42)36(28(44)46-22)14-2-4-20(38)32-34-24(40)16-7-11-18(30)12-8-16/h5-12H,1-4,13-14H2,(H,31,37)(H,32,38)(H,33,39)(H,34,40). The van der Waals surface area contributed by atoms with Gasteiger partial charge in [0.05, 0.1) is 9.81 Å². The second-order valence-electron chi connectivity index (χ2n) is 9.53. The van der Waals surface area contributed by atoms with Crippen LogP contribution in [0.15, 0.2) is 58.3 Å². The smallest absolute Gasteiger partial charge is 0.269 e. The quantitative estimate of drug-likeness (QED) is 0.165. The molecule has 46 heavy (non-hydrogen) atoms. The fourth-order valence-corrected chi connectivity index (χ4v) is 6.75. The zero-order valence-corrected chi connectivity index (χ0v) is 26.9. The monoisotopic (exact) mass is 706 g/mol. The number of rotatable bonds is 10. The lowest BCUT2D eigenvalue weighted by atomic mass is 10.2. The minimum absolute atomic E-state index is 0.0539. The van der Waals surface area contributed by atoms with E-state index in [9.17, 15) is 37.5 Å². The number of hydrogen-bond donors (Lipinski definition) is 4. The zero-order chi connectivity index (χ0) is 33.4. The molecule has 0 aromatic heterocycles. The molecule has 0 unspecified atom stereocenters. The van der Waals surface area contributed by atoms with E-state index in [1.54, 1.807) is 0 Å². The van der Waals surface area contributed by atoms with Gasteiger partial charge in [-0.25, -0.2) is 8.78 Å². The molecule has 2 aliphatic heterocycles. The van der Waals surface area contributed by atoms with Crippen LogP contribution in [0.4, 0.5) is 8.78 Å². The molecule has 12 nitrogen and oxygen atoms in total. The van der Waals surface area contributed by atoms with Crippen molar-refractivity contribution >= 4 is 92.0 Å². The molecule has 2 aliphatic rings. The van der Waals surface area contributed by atoms with E-state index in [1.807, 2.05) is 0 Å². The number of benzene rings is 2. The average Bonchev–Trinajstić information content (AvgIpc) is 3.47. The molecule has 2 aromatic carbocycles. The number of nitrogens with zero attached hydrogens (tertiary/aromatic N) is 2. The van der Waals surface area contributed by atoms with Crippen LogP contribution in [0, 0.1) is 11.6 Å². The van der Waals surface area contributed by atoms with E-state index in [2.05, 4.69) is 21.7 Å². The predicted octanol–water partition coefficient (Wildman–Crippen LogP) is 2.68. The molecule has 0 atom stereocenters. The summed E-state index contributed by atoms with van der Waals surface area (Å²) in [6.07, 6.45) is 0.292. The molecule has 2 saturated heterocycles. The summed E-state index contributed by atoms with van der Waals surface area (Å²) in [4.78, 5) is 77.4. The van der Waals surface area contributed by atoms with E-state index in [0.717, 1.165) is 47.8 Å². The van der Waals surface area contributed by atoms with Crippen LogP contribution in [0.3, 0.4) is 0 Å². The van der Waals surface area contributed by atoms with E-state index in [0.29, 0.717) is 0 Å². The molecular weight excluding hydrogens is 683 g/mol. The lowest BCUT2D eigenvalue weighted by Crippen LogP contribution is -2.42. The van der Waals surface area contributed by atoms with Gasteiger partial charge in [-0.2, -0.15) is 0 Å². The SMILES string of the molecule is O=C(CCCN1C(=O)C(=C2SC(=S)N(CCCC(=O)NNC(=O)c3ccc(F)cc3)C2=O)SC1=S)NNC(=O)c1ccc(F)cc1. The third-order valence-corrected chi connectivity index (χ3v) is 9.35. The highest BCUT2D eigenvalue weighted by Crippen LogP contribution is 2.42. The third kappa shape index (κ3) is 8.93. The van der Waals surface area contributed by atoms with E-state index in [-0.39, 0.29) is 68.4 Å². The first-order valence-corrected chi connectivity index (χ1v) is 15.9. The molecule has 0 aliphatic carbocycles. The molecular formula is C28H24F2N6O6S4.